The minimum atomic E-state index is -0.410. The number of rotatable bonds is 5. The molecule has 2 aromatic carbocycles. The first kappa shape index (κ1) is 20.5. The lowest BCUT2D eigenvalue weighted by molar-refractivity contribution is -0.116. The molecule has 0 saturated heterocycles. The Bertz CT molecular complexity index is 1060. The summed E-state index contributed by atoms with van der Waals surface area (Å²) in [6, 6.07) is 16.1. The Morgan fingerprint density at radius 1 is 1.13 bits per heavy atom. The van der Waals surface area contributed by atoms with Crippen LogP contribution in [0.15, 0.2) is 53.7 Å². The lowest BCUT2D eigenvalue weighted by atomic mass is 9.88. The van der Waals surface area contributed by atoms with Gasteiger partial charge in [0.15, 0.2) is 5.82 Å². The van der Waals surface area contributed by atoms with Crippen LogP contribution in [0, 0.1) is 13.8 Å². The van der Waals surface area contributed by atoms with E-state index in [1.165, 1.54) is 17.3 Å². The largest absolute Gasteiger partial charge is 0.325 e. The SMILES string of the molecule is CCC1(CC)Nn2c(nnc2-c2ccccc2)S[C@@H]1C(=O)Nc1ccc(C)cc1C. The highest BCUT2D eigenvalue weighted by atomic mass is 32.2. The van der Waals surface area contributed by atoms with Gasteiger partial charge in [0.05, 0.1) is 5.54 Å². The molecule has 1 aliphatic heterocycles. The zero-order valence-electron chi connectivity index (χ0n) is 17.8. The molecule has 7 heteroatoms. The number of hydrogen-bond donors (Lipinski definition) is 2. The highest BCUT2D eigenvalue weighted by Crippen LogP contribution is 2.41. The molecule has 0 radical (unpaired) electrons. The van der Waals surface area contributed by atoms with Gasteiger partial charge in [-0.25, -0.2) is 4.68 Å². The van der Waals surface area contributed by atoms with Crippen molar-refractivity contribution in [2.24, 2.45) is 0 Å². The van der Waals surface area contributed by atoms with Gasteiger partial charge in [-0.15, -0.1) is 10.2 Å². The average molecular weight is 422 g/mol. The van der Waals surface area contributed by atoms with Gasteiger partial charge < -0.3 is 10.7 Å². The van der Waals surface area contributed by atoms with Crippen LogP contribution in [0.4, 0.5) is 5.69 Å². The van der Waals surface area contributed by atoms with Gasteiger partial charge in [0.25, 0.3) is 0 Å². The Morgan fingerprint density at radius 2 is 1.87 bits per heavy atom. The van der Waals surface area contributed by atoms with Crippen LogP contribution < -0.4 is 10.7 Å². The van der Waals surface area contributed by atoms with E-state index >= 15 is 0 Å². The van der Waals surface area contributed by atoms with Gasteiger partial charge in [-0.1, -0.05) is 73.6 Å². The summed E-state index contributed by atoms with van der Waals surface area (Å²) < 4.78 is 1.94. The summed E-state index contributed by atoms with van der Waals surface area (Å²) in [6.07, 6.45) is 1.60. The Hall–Kier alpha value is -2.80. The number of fused-ring (bicyclic) bond motifs is 1. The molecule has 0 fully saturated rings. The Labute approximate surface area is 181 Å². The number of hydrogen-bond acceptors (Lipinski definition) is 5. The van der Waals surface area contributed by atoms with Crippen molar-refractivity contribution in [2.75, 3.05) is 10.7 Å². The van der Waals surface area contributed by atoms with Crippen LogP contribution in [0.3, 0.4) is 0 Å². The van der Waals surface area contributed by atoms with Gasteiger partial charge in [-0.2, -0.15) is 0 Å². The zero-order valence-corrected chi connectivity index (χ0v) is 18.6. The number of anilines is 1. The van der Waals surface area contributed by atoms with E-state index in [0.717, 1.165) is 35.5 Å². The molecular weight excluding hydrogens is 394 g/mol. The van der Waals surface area contributed by atoms with Crippen molar-refractivity contribution in [3.8, 4) is 11.4 Å². The second-order valence-corrected chi connectivity index (χ2v) is 8.86. The smallest absolute Gasteiger partial charge is 0.240 e. The molecule has 3 aromatic rings. The first-order valence-corrected chi connectivity index (χ1v) is 11.2. The van der Waals surface area contributed by atoms with Crippen LogP contribution in [0.5, 0.6) is 0 Å². The maximum absolute atomic E-state index is 13.4. The van der Waals surface area contributed by atoms with Gasteiger partial charge >= 0.3 is 0 Å². The second kappa shape index (κ2) is 8.14. The maximum Gasteiger partial charge on any atom is 0.240 e. The lowest BCUT2D eigenvalue weighted by Crippen LogP contribution is -2.57. The summed E-state index contributed by atoms with van der Waals surface area (Å²) in [5, 5.41) is 12.3. The van der Waals surface area contributed by atoms with Crippen molar-refractivity contribution in [3.05, 3.63) is 59.7 Å². The van der Waals surface area contributed by atoms with E-state index < -0.39 is 5.54 Å². The van der Waals surface area contributed by atoms with Crippen LogP contribution in [0.25, 0.3) is 11.4 Å². The third kappa shape index (κ3) is 3.58. The Morgan fingerprint density at radius 3 is 2.53 bits per heavy atom. The first-order chi connectivity index (χ1) is 14.5. The fourth-order valence-corrected chi connectivity index (χ4v) is 5.27. The fraction of sp³-hybridized carbons (Fsp3) is 0.348. The average Bonchev–Trinajstić information content (AvgIpc) is 3.17. The molecule has 0 bridgehead atoms. The van der Waals surface area contributed by atoms with E-state index in [0.29, 0.717) is 5.16 Å². The number of nitrogens with zero attached hydrogens (tertiary/aromatic N) is 3. The van der Waals surface area contributed by atoms with Crippen LogP contribution >= 0.6 is 11.8 Å². The van der Waals surface area contributed by atoms with Gasteiger partial charge in [-0.3, -0.25) is 4.79 Å². The highest BCUT2D eigenvalue weighted by molar-refractivity contribution is 8.00. The van der Waals surface area contributed by atoms with Gasteiger partial charge in [0, 0.05) is 11.3 Å². The molecule has 0 aliphatic carbocycles. The highest BCUT2D eigenvalue weighted by Gasteiger charge is 2.46. The molecule has 0 saturated carbocycles. The van der Waals surface area contributed by atoms with E-state index in [1.807, 2.05) is 54.1 Å². The number of benzene rings is 2. The number of carbonyl (C=O) groups is 1. The van der Waals surface area contributed by atoms with Gasteiger partial charge in [-0.05, 0) is 38.3 Å². The second-order valence-electron chi connectivity index (χ2n) is 7.79. The number of aromatic nitrogens is 3. The Kier molecular flexibility index (Phi) is 5.56. The molecule has 4 rings (SSSR count). The third-order valence-electron chi connectivity index (χ3n) is 5.86. The van der Waals surface area contributed by atoms with Crippen LogP contribution in [-0.2, 0) is 4.79 Å². The monoisotopic (exact) mass is 421 g/mol. The summed E-state index contributed by atoms with van der Waals surface area (Å²) in [5.41, 5.74) is 7.28. The Balaban J connectivity index is 1.67. The standard InChI is InChI=1S/C23H27N5OS/c1-5-23(6-2)19(21(29)24-18-13-12-15(3)14-16(18)4)30-22-26-25-20(28(22)27-23)17-10-8-7-9-11-17/h7-14,19,27H,5-6H2,1-4H3,(H,24,29)/t19-/m1/s1. The molecule has 156 valence electrons. The number of nitrogens with one attached hydrogen (secondary N) is 2. The molecule has 1 amide bonds. The van der Waals surface area contributed by atoms with Crippen molar-refractivity contribution in [3.63, 3.8) is 0 Å². The molecular formula is C23H27N5OS. The number of amides is 1. The molecule has 2 N–H and O–H groups in total. The zero-order chi connectivity index (χ0) is 21.3. The van der Waals surface area contributed by atoms with Crippen LogP contribution in [0.2, 0.25) is 0 Å². The van der Waals surface area contributed by atoms with Crippen molar-refractivity contribution < 1.29 is 4.79 Å². The van der Waals surface area contributed by atoms with Crippen molar-refractivity contribution in [1.29, 1.82) is 0 Å². The predicted molar refractivity (Wildman–Crippen MR) is 122 cm³/mol. The third-order valence-corrected chi connectivity index (χ3v) is 7.24. The number of aryl methyl sites for hydroxylation is 2. The molecule has 0 unspecified atom stereocenters. The van der Waals surface area contributed by atoms with Gasteiger partial charge in [0.2, 0.25) is 11.1 Å². The van der Waals surface area contributed by atoms with E-state index in [1.54, 1.807) is 0 Å². The van der Waals surface area contributed by atoms with E-state index in [-0.39, 0.29) is 11.2 Å². The van der Waals surface area contributed by atoms with Crippen molar-refractivity contribution in [1.82, 2.24) is 14.9 Å². The number of thioether (sulfide) groups is 1. The minimum absolute atomic E-state index is 0.0151. The lowest BCUT2D eigenvalue weighted by Gasteiger charge is -2.43. The van der Waals surface area contributed by atoms with Crippen LogP contribution in [-0.4, -0.2) is 31.6 Å². The molecule has 1 atom stereocenters. The number of carbonyl (C=O) groups excluding carboxylic acids is 1. The summed E-state index contributed by atoms with van der Waals surface area (Å²) in [7, 11) is 0. The molecule has 1 aromatic heterocycles. The normalized spacial score (nSPS) is 17.1. The topological polar surface area (TPSA) is 71.8 Å². The summed E-state index contributed by atoms with van der Waals surface area (Å²) in [6.45, 7) is 8.30. The molecule has 0 spiro atoms. The molecule has 2 heterocycles. The van der Waals surface area contributed by atoms with Gasteiger partial charge in [0.1, 0.15) is 5.25 Å². The van der Waals surface area contributed by atoms with E-state index in [4.69, 9.17) is 0 Å². The molecule has 6 nitrogen and oxygen atoms in total. The van der Waals surface area contributed by atoms with Crippen molar-refractivity contribution >= 4 is 23.4 Å². The predicted octanol–water partition coefficient (Wildman–Crippen LogP) is 4.78. The fourth-order valence-electron chi connectivity index (χ4n) is 3.96. The summed E-state index contributed by atoms with van der Waals surface area (Å²) >= 11 is 1.48. The van der Waals surface area contributed by atoms with Crippen molar-refractivity contribution in [2.45, 2.75) is 56.5 Å². The first-order valence-electron chi connectivity index (χ1n) is 10.3. The minimum Gasteiger partial charge on any atom is -0.325 e. The van der Waals surface area contributed by atoms with E-state index in [2.05, 4.69) is 47.8 Å². The quantitative estimate of drug-likeness (QED) is 0.620. The van der Waals surface area contributed by atoms with Crippen LogP contribution in [0.1, 0.15) is 37.8 Å². The molecule has 30 heavy (non-hydrogen) atoms. The van der Waals surface area contributed by atoms with E-state index in [9.17, 15) is 4.79 Å². The maximum atomic E-state index is 13.4. The summed E-state index contributed by atoms with van der Waals surface area (Å²) in [5.74, 6) is 0.747. The summed E-state index contributed by atoms with van der Waals surface area (Å²) in [4.78, 5) is 13.4. The molecule has 1 aliphatic rings.